The number of carboxylic acids is 1. The topological polar surface area (TPSA) is 126 Å². The lowest BCUT2D eigenvalue weighted by Gasteiger charge is -2.31. The van der Waals surface area contributed by atoms with Gasteiger partial charge < -0.3 is 10.8 Å². The van der Waals surface area contributed by atoms with E-state index in [-0.39, 0.29) is 23.5 Å². The highest BCUT2D eigenvalue weighted by Gasteiger charge is 2.34. The van der Waals surface area contributed by atoms with Crippen LogP contribution in [0, 0.1) is 19.7 Å². The third-order valence-electron chi connectivity index (χ3n) is 5.73. The molecule has 3 N–H and O–H groups in total. The average Bonchev–Trinajstić information content (AvgIpc) is 2.79. The number of nitrogens with two attached hydrogens (primary N) is 1. The molecular formula is C25H21FN4O4. The molecule has 1 atom stereocenters. The van der Waals surface area contributed by atoms with E-state index in [1.54, 1.807) is 38.2 Å². The normalized spacial score (nSPS) is 15.7. The van der Waals surface area contributed by atoms with E-state index >= 15 is 0 Å². The second kappa shape index (κ2) is 8.86. The van der Waals surface area contributed by atoms with Gasteiger partial charge in [0.2, 0.25) is 11.8 Å². The van der Waals surface area contributed by atoms with Crippen LogP contribution >= 0.6 is 0 Å². The first-order chi connectivity index (χ1) is 16.2. The van der Waals surface area contributed by atoms with Crippen LogP contribution < -0.4 is 10.6 Å². The summed E-state index contributed by atoms with van der Waals surface area (Å²) in [6.07, 6.45) is 2.69. The van der Waals surface area contributed by atoms with E-state index in [4.69, 9.17) is 5.73 Å². The smallest absolute Gasteiger partial charge is 0.333 e. The van der Waals surface area contributed by atoms with Crippen molar-refractivity contribution >= 4 is 23.5 Å². The molecule has 172 valence electrons. The van der Waals surface area contributed by atoms with Crippen molar-refractivity contribution in [2.24, 2.45) is 5.73 Å². The Bertz CT molecular complexity index is 1350. The highest BCUT2D eigenvalue weighted by molar-refractivity contribution is 6.06. The summed E-state index contributed by atoms with van der Waals surface area (Å²) >= 11 is 0. The number of benzene rings is 2. The molecule has 3 aromatic rings. The number of aliphatic carboxylic acids is 1. The molecule has 8 nitrogen and oxygen atoms in total. The number of nitrogens with zero attached hydrogens (tertiary/aromatic N) is 3. The molecule has 1 aromatic heterocycles. The monoisotopic (exact) mass is 460 g/mol. The van der Waals surface area contributed by atoms with Crippen LogP contribution in [-0.4, -0.2) is 32.9 Å². The zero-order valence-corrected chi connectivity index (χ0v) is 18.4. The standard InChI is InChI=1S/C25H21FN4O4/c1-13-9-22(19(10-17(13)24(27)32)21-7-8-28-14(2)29-21)30-12-20(25(33)34)18(11-23(30)31)15-3-5-16(26)6-4-15/h3-10,12,18H,11H2,1-2H3,(H2,27,32)(H,33,34)/t18-/m0/s1. The van der Waals surface area contributed by atoms with Gasteiger partial charge in [-0.15, -0.1) is 0 Å². The number of halogens is 1. The van der Waals surface area contributed by atoms with E-state index < -0.39 is 23.6 Å². The molecule has 1 aliphatic heterocycles. The van der Waals surface area contributed by atoms with Crippen molar-refractivity contribution in [2.75, 3.05) is 4.90 Å². The molecule has 0 saturated carbocycles. The first-order valence-corrected chi connectivity index (χ1v) is 10.4. The van der Waals surface area contributed by atoms with E-state index in [0.717, 1.165) is 0 Å². The fourth-order valence-electron chi connectivity index (χ4n) is 4.05. The third kappa shape index (κ3) is 4.27. The van der Waals surface area contributed by atoms with Crippen LogP contribution in [0.3, 0.4) is 0 Å². The second-order valence-corrected chi connectivity index (χ2v) is 8.00. The van der Waals surface area contributed by atoms with Crippen molar-refractivity contribution in [3.05, 3.63) is 88.8 Å². The van der Waals surface area contributed by atoms with Crippen molar-refractivity contribution in [3.63, 3.8) is 0 Å². The van der Waals surface area contributed by atoms with Gasteiger partial charge in [-0.3, -0.25) is 14.5 Å². The van der Waals surface area contributed by atoms with Crippen LogP contribution in [0.2, 0.25) is 0 Å². The van der Waals surface area contributed by atoms with Crippen LogP contribution in [0.4, 0.5) is 10.1 Å². The number of aromatic nitrogens is 2. The number of amides is 2. The summed E-state index contributed by atoms with van der Waals surface area (Å²) in [7, 11) is 0. The summed E-state index contributed by atoms with van der Waals surface area (Å²) in [5.41, 5.74) is 8.06. The number of carbonyl (C=O) groups excluding carboxylic acids is 2. The second-order valence-electron chi connectivity index (χ2n) is 8.00. The summed E-state index contributed by atoms with van der Waals surface area (Å²) in [4.78, 5) is 47.1. The largest absolute Gasteiger partial charge is 0.478 e. The Hall–Kier alpha value is -4.40. The summed E-state index contributed by atoms with van der Waals surface area (Å²) in [5.74, 6) is -2.91. The Morgan fingerprint density at radius 3 is 2.47 bits per heavy atom. The van der Waals surface area contributed by atoms with Crippen molar-refractivity contribution in [1.29, 1.82) is 0 Å². The van der Waals surface area contributed by atoms with Gasteiger partial charge in [-0.1, -0.05) is 12.1 Å². The van der Waals surface area contributed by atoms with Crippen LogP contribution in [-0.2, 0) is 9.59 Å². The molecule has 9 heteroatoms. The molecule has 1 aliphatic rings. The number of hydrogen-bond acceptors (Lipinski definition) is 5. The van der Waals surface area contributed by atoms with Gasteiger partial charge in [0.1, 0.15) is 11.6 Å². The maximum atomic E-state index is 13.4. The zero-order chi connectivity index (χ0) is 24.6. The van der Waals surface area contributed by atoms with Gasteiger partial charge in [-0.05, 0) is 55.3 Å². The first kappa shape index (κ1) is 22.8. The maximum absolute atomic E-state index is 13.4. The Kier molecular flexibility index (Phi) is 5.93. The number of rotatable bonds is 5. The molecule has 0 unspecified atom stereocenters. The SMILES string of the molecule is Cc1nccc(-c2cc(C(N)=O)c(C)cc2N2C=C(C(=O)O)[C@H](c3ccc(F)cc3)CC2=O)n1. The molecule has 0 spiro atoms. The summed E-state index contributed by atoms with van der Waals surface area (Å²) in [5, 5.41) is 9.91. The fraction of sp³-hybridized carbons (Fsp3) is 0.160. The molecular weight excluding hydrogens is 439 g/mol. The van der Waals surface area contributed by atoms with E-state index in [1.807, 2.05) is 0 Å². The van der Waals surface area contributed by atoms with Gasteiger partial charge in [0.15, 0.2) is 0 Å². The van der Waals surface area contributed by atoms with Gasteiger partial charge in [0.05, 0.1) is 17.0 Å². The minimum absolute atomic E-state index is 0.0207. The van der Waals surface area contributed by atoms with Gasteiger partial charge in [0, 0.05) is 35.9 Å². The summed E-state index contributed by atoms with van der Waals surface area (Å²) in [6.45, 7) is 3.38. The molecule has 0 saturated heterocycles. The van der Waals surface area contributed by atoms with Crippen molar-refractivity contribution in [1.82, 2.24) is 9.97 Å². The maximum Gasteiger partial charge on any atom is 0.333 e. The minimum atomic E-state index is -1.20. The quantitative estimate of drug-likeness (QED) is 0.600. The Balaban J connectivity index is 1.90. The number of carboxylic acid groups (broad SMARTS) is 1. The summed E-state index contributed by atoms with van der Waals surface area (Å²) < 4.78 is 13.4. The lowest BCUT2D eigenvalue weighted by atomic mass is 9.85. The Morgan fingerprint density at radius 1 is 1.15 bits per heavy atom. The van der Waals surface area contributed by atoms with Crippen LogP contribution in [0.5, 0.6) is 0 Å². The highest BCUT2D eigenvalue weighted by Crippen LogP contribution is 2.39. The fourth-order valence-corrected chi connectivity index (χ4v) is 4.05. The van der Waals surface area contributed by atoms with Crippen molar-refractivity contribution in [2.45, 2.75) is 26.2 Å². The number of hydrogen-bond donors (Lipinski definition) is 2. The molecule has 2 aromatic carbocycles. The van der Waals surface area contributed by atoms with E-state index in [0.29, 0.717) is 33.9 Å². The van der Waals surface area contributed by atoms with Crippen LogP contribution in [0.25, 0.3) is 11.3 Å². The molecule has 0 bridgehead atoms. The number of aryl methyl sites for hydroxylation is 2. The number of carbonyl (C=O) groups is 3. The van der Waals surface area contributed by atoms with Crippen molar-refractivity contribution < 1.29 is 23.9 Å². The van der Waals surface area contributed by atoms with Gasteiger partial charge >= 0.3 is 5.97 Å². The molecule has 34 heavy (non-hydrogen) atoms. The Labute approximate surface area is 194 Å². The van der Waals surface area contributed by atoms with Gasteiger partial charge in [0.25, 0.3) is 0 Å². The molecule has 0 radical (unpaired) electrons. The Morgan fingerprint density at radius 2 is 1.85 bits per heavy atom. The first-order valence-electron chi connectivity index (χ1n) is 10.4. The van der Waals surface area contributed by atoms with Crippen LogP contribution in [0.15, 0.2) is 60.4 Å². The van der Waals surface area contributed by atoms with Crippen molar-refractivity contribution in [3.8, 4) is 11.3 Å². The van der Waals surface area contributed by atoms with Crippen LogP contribution in [0.1, 0.15) is 39.6 Å². The molecule has 0 fully saturated rings. The van der Waals surface area contributed by atoms with E-state index in [9.17, 15) is 23.9 Å². The predicted molar refractivity (Wildman–Crippen MR) is 122 cm³/mol. The van der Waals surface area contributed by atoms with E-state index in [1.165, 1.54) is 35.4 Å². The predicted octanol–water partition coefficient (Wildman–Crippen LogP) is 3.49. The molecule has 2 amide bonds. The van der Waals surface area contributed by atoms with Gasteiger partial charge in [-0.2, -0.15) is 0 Å². The molecule has 4 rings (SSSR count). The number of anilines is 1. The molecule has 0 aliphatic carbocycles. The zero-order valence-electron chi connectivity index (χ0n) is 18.4. The lowest BCUT2D eigenvalue weighted by molar-refractivity contribution is -0.133. The van der Waals surface area contributed by atoms with Gasteiger partial charge in [-0.25, -0.2) is 19.2 Å². The number of primary amides is 1. The lowest BCUT2D eigenvalue weighted by Crippen LogP contribution is -2.35. The third-order valence-corrected chi connectivity index (χ3v) is 5.73. The average molecular weight is 460 g/mol. The summed E-state index contributed by atoms with van der Waals surface area (Å²) in [6, 6.07) is 10.2. The van der Waals surface area contributed by atoms with E-state index in [2.05, 4.69) is 9.97 Å². The highest BCUT2D eigenvalue weighted by atomic mass is 19.1. The minimum Gasteiger partial charge on any atom is -0.478 e. The molecule has 2 heterocycles.